The average Bonchev–Trinajstić information content (AvgIpc) is 2.91. The minimum Gasteiger partial charge on any atom is -0.364 e. The van der Waals surface area contributed by atoms with Crippen LogP contribution in [-0.4, -0.2) is 30.2 Å². The first-order valence-corrected chi connectivity index (χ1v) is 8.23. The van der Waals surface area contributed by atoms with Gasteiger partial charge in [0.05, 0.1) is 6.10 Å². The van der Waals surface area contributed by atoms with E-state index >= 15 is 0 Å². The van der Waals surface area contributed by atoms with E-state index in [0.29, 0.717) is 0 Å². The summed E-state index contributed by atoms with van der Waals surface area (Å²) in [5, 5.41) is 0.759. The molecule has 0 aliphatic carbocycles. The van der Waals surface area contributed by atoms with Gasteiger partial charge in [-0.2, -0.15) is 0 Å². The van der Waals surface area contributed by atoms with Crippen LogP contribution >= 0.6 is 11.6 Å². The molecule has 22 heavy (non-hydrogen) atoms. The molecule has 0 unspecified atom stereocenters. The minimum absolute atomic E-state index is 0.00718. The maximum absolute atomic E-state index is 6.22. The second-order valence-electron chi connectivity index (χ2n) is 6.98. The first kappa shape index (κ1) is 14.7. The fourth-order valence-corrected chi connectivity index (χ4v) is 4.30. The van der Waals surface area contributed by atoms with Crippen molar-refractivity contribution in [2.24, 2.45) is 5.92 Å². The summed E-state index contributed by atoms with van der Waals surface area (Å²) in [6.45, 7) is 8.32. The van der Waals surface area contributed by atoms with Crippen molar-refractivity contribution in [3.05, 3.63) is 40.4 Å². The van der Waals surface area contributed by atoms with Crippen molar-refractivity contribution in [3.63, 3.8) is 0 Å². The SMILES string of the molecule is CC1=C(c2ccc(Cl)cc2)[C@@H](C)[C@@H]2O[C@H]1[C@H]1OC(C)(C)O[C@@H]21. The predicted octanol–water partition coefficient (Wildman–Crippen LogP) is 4.05. The van der Waals surface area contributed by atoms with E-state index in [0.717, 1.165) is 5.02 Å². The quantitative estimate of drug-likeness (QED) is 0.781. The maximum Gasteiger partial charge on any atom is 0.164 e. The Morgan fingerprint density at radius 3 is 2.32 bits per heavy atom. The number of hydrogen-bond donors (Lipinski definition) is 0. The second-order valence-corrected chi connectivity index (χ2v) is 7.41. The van der Waals surface area contributed by atoms with Crippen LogP contribution in [0.15, 0.2) is 29.8 Å². The predicted molar refractivity (Wildman–Crippen MR) is 85.7 cm³/mol. The van der Waals surface area contributed by atoms with Gasteiger partial charge in [0.25, 0.3) is 0 Å². The fraction of sp³-hybridized carbons (Fsp3) is 0.556. The summed E-state index contributed by atoms with van der Waals surface area (Å²) < 4.78 is 18.4. The molecule has 0 N–H and O–H groups in total. The van der Waals surface area contributed by atoms with Gasteiger partial charge in [-0.1, -0.05) is 30.7 Å². The van der Waals surface area contributed by atoms with Crippen LogP contribution in [0.5, 0.6) is 0 Å². The first-order valence-electron chi connectivity index (χ1n) is 7.85. The van der Waals surface area contributed by atoms with E-state index in [1.54, 1.807) is 0 Å². The van der Waals surface area contributed by atoms with E-state index in [2.05, 4.69) is 26.0 Å². The molecule has 2 bridgehead atoms. The summed E-state index contributed by atoms with van der Waals surface area (Å²) in [6, 6.07) is 8.06. The molecule has 0 spiro atoms. The van der Waals surface area contributed by atoms with Crippen LogP contribution in [0.4, 0.5) is 0 Å². The van der Waals surface area contributed by atoms with Crippen LogP contribution in [0.3, 0.4) is 0 Å². The van der Waals surface area contributed by atoms with Crippen molar-refractivity contribution in [1.82, 2.24) is 0 Å². The molecule has 2 fully saturated rings. The van der Waals surface area contributed by atoms with Gasteiger partial charge in [0.2, 0.25) is 0 Å². The van der Waals surface area contributed by atoms with Crippen LogP contribution < -0.4 is 0 Å². The van der Waals surface area contributed by atoms with Gasteiger partial charge in [-0.25, -0.2) is 0 Å². The lowest BCUT2D eigenvalue weighted by atomic mass is 9.85. The van der Waals surface area contributed by atoms with E-state index < -0.39 is 5.79 Å². The molecular formula is C18H21ClO3. The van der Waals surface area contributed by atoms with Gasteiger partial charge in [-0.05, 0) is 49.6 Å². The molecule has 0 radical (unpaired) electrons. The highest BCUT2D eigenvalue weighted by molar-refractivity contribution is 6.30. The summed E-state index contributed by atoms with van der Waals surface area (Å²) in [6.07, 6.45) is 0.0341. The standard InChI is InChI=1S/C18H21ClO3/c1-9-13(11-5-7-12(19)8-6-11)10(2)15-17-16(14(9)20-15)21-18(3,4)22-17/h5-9,14-17H,1-4H3/t9-,14+,15-,16+,17-/m1/s1. The van der Waals surface area contributed by atoms with Gasteiger partial charge in [0, 0.05) is 10.9 Å². The van der Waals surface area contributed by atoms with Crippen molar-refractivity contribution < 1.29 is 14.2 Å². The zero-order valence-electron chi connectivity index (χ0n) is 13.3. The largest absolute Gasteiger partial charge is 0.364 e. The Hall–Kier alpha value is -0.870. The van der Waals surface area contributed by atoms with E-state index in [4.69, 9.17) is 25.8 Å². The Kier molecular flexibility index (Phi) is 3.22. The van der Waals surface area contributed by atoms with Crippen LogP contribution in [0.1, 0.15) is 33.3 Å². The molecular weight excluding hydrogens is 300 g/mol. The van der Waals surface area contributed by atoms with Crippen molar-refractivity contribution in [3.8, 4) is 0 Å². The number of ether oxygens (including phenoxy) is 3. The molecule has 0 amide bonds. The summed E-state index contributed by atoms with van der Waals surface area (Å²) >= 11 is 6.02. The zero-order valence-corrected chi connectivity index (χ0v) is 14.1. The number of benzene rings is 1. The monoisotopic (exact) mass is 320 g/mol. The average molecular weight is 321 g/mol. The van der Waals surface area contributed by atoms with Crippen LogP contribution in [0, 0.1) is 5.92 Å². The Morgan fingerprint density at radius 1 is 1.00 bits per heavy atom. The zero-order chi connectivity index (χ0) is 15.6. The molecule has 3 aliphatic heterocycles. The smallest absolute Gasteiger partial charge is 0.164 e. The van der Waals surface area contributed by atoms with Crippen LogP contribution in [0.25, 0.3) is 5.57 Å². The van der Waals surface area contributed by atoms with Gasteiger partial charge in [0.15, 0.2) is 5.79 Å². The molecule has 3 nitrogen and oxygen atoms in total. The molecule has 0 aromatic heterocycles. The van der Waals surface area contributed by atoms with Crippen LogP contribution in [0.2, 0.25) is 5.02 Å². The summed E-state index contributed by atoms with van der Waals surface area (Å²) in [7, 11) is 0. The lowest BCUT2D eigenvalue weighted by molar-refractivity contribution is -0.187. The van der Waals surface area contributed by atoms with Crippen LogP contribution in [-0.2, 0) is 14.2 Å². The number of fused-ring (bicyclic) bond motifs is 5. The topological polar surface area (TPSA) is 27.7 Å². The number of rotatable bonds is 1. The minimum atomic E-state index is -0.520. The Balaban J connectivity index is 1.76. The van der Waals surface area contributed by atoms with Gasteiger partial charge >= 0.3 is 0 Å². The summed E-state index contributed by atoms with van der Waals surface area (Å²) in [5.74, 6) is -0.252. The number of halogens is 1. The van der Waals surface area contributed by atoms with Crippen molar-refractivity contribution in [2.75, 3.05) is 0 Å². The maximum atomic E-state index is 6.22. The van der Waals surface area contributed by atoms with E-state index in [1.165, 1.54) is 16.7 Å². The molecule has 3 aliphatic rings. The highest BCUT2D eigenvalue weighted by atomic mass is 35.5. The highest BCUT2D eigenvalue weighted by Crippen LogP contribution is 2.50. The molecule has 1 aromatic rings. The van der Waals surface area contributed by atoms with Gasteiger partial charge in [-0.15, -0.1) is 0 Å². The fourth-order valence-electron chi connectivity index (χ4n) is 4.18. The molecule has 5 atom stereocenters. The van der Waals surface area contributed by atoms with Gasteiger partial charge in [-0.3, -0.25) is 0 Å². The van der Waals surface area contributed by atoms with Crippen molar-refractivity contribution in [1.29, 1.82) is 0 Å². The second kappa shape index (κ2) is 4.81. The lowest BCUT2D eigenvalue weighted by Crippen LogP contribution is -2.36. The van der Waals surface area contributed by atoms with Crippen molar-refractivity contribution >= 4 is 17.2 Å². The highest BCUT2D eigenvalue weighted by Gasteiger charge is 2.59. The third kappa shape index (κ3) is 2.07. The lowest BCUT2D eigenvalue weighted by Gasteiger charge is -2.34. The van der Waals surface area contributed by atoms with Crippen molar-refractivity contribution in [2.45, 2.75) is 57.9 Å². The molecule has 4 heteroatoms. The molecule has 4 rings (SSSR count). The molecule has 0 saturated carbocycles. The normalized spacial score (nSPS) is 39.2. The van der Waals surface area contributed by atoms with E-state index in [1.807, 2.05) is 26.0 Å². The third-order valence-corrected chi connectivity index (χ3v) is 5.30. The molecule has 118 valence electrons. The van der Waals surface area contributed by atoms with Gasteiger partial charge < -0.3 is 14.2 Å². The Labute approximate surface area is 136 Å². The molecule has 1 aromatic carbocycles. The molecule has 3 heterocycles. The third-order valence-electron chi connectivity index (χ3n) is 5.04. The summed E-state index contributed by atoms with van der Waals surface area (Å²) in [4.78, 5) is 0. The van der Waals surface area contributed by atoms with E-state index in [-0.39, 0.29) is 30.3 Å². The van der Waals surface area contributed by atoms with E-state index in [9.17, 15) is 0 Å². The molecule has 2 saturated heterocycles. The summed E-state index contributed by atoms with van der Waals surface area (Å²) in [5.41, 5.74) is 3.81. The van der Waals surface area contributed by atoms with Gasteiger partial charge in [0.1, 0.15) is 18.3 Å². The Morgan fingerprint density at radius 2 is 1.64 bits per heavy atom. The Bertz CT molecular complexity index is 634. The number of hydrogen-bond acceptors (Lipinski definition) is 3. The first-order chi connectivity index (χ1) is 10.4.